The number of nitrogens with two attached hydrogens (primary N) is 1. The van der Waals surface area contributed by atoms with E-state index in [1.807, 2.05) is 18.2 Å². The molecule has 30 heavy (non-hydrogen) atoms. The highest BCUT2D eigenvalue weighted by Gasteiger charge is 2.42. The molecule has 1 saturated carbocycles. The molecule has 3 aromatic rings. The van der Waals surface area contributed by atoms with Gasteiger partial charge in [-0.05, 0) is 25.0 Å². The fraction of sp³-hybridized carbons (Fsp3) is 0.286. The van der Waals surface area contributed by atoms with Crippen molar-refractivity contribution in [3.8, 4) is 38.8 Å². The first kappa shape index (κ1) is 19.8. The van der Waals surface area contributed by atoms with Crippen molar-refractivity contribution in [1.82, 2.24) is 15.2 Å². The SMILES string of the molecule is COc1ccccc1-c1c(C(N)=O)ccnc1-c1nnc(OCCC2(C#N)CC2)s1. The minimum atomic E-state index is -0.577. The molecule has 0 aliphatic heterocycles. The van der Waals surface area contributed by atoms with Crippen LogP contribution in [0, 0.1) is 16.7 Å². The number of amides is 1. The third-order valence-electron chi connectivity index (χ3n) is 5.10. The van der Waals surface area contributed by atoms with Crippen molar-refractivity contribution in [2.45, 2.75) is 19.3 Å². The highest BCUT2D eigenvalue weighted by molar-refractivity contribution is 7.16. The van der Waals surface area contributed by atoms with Crippen LogP contribution in [0.15, 0.2) is 36.5 Å². The molecule has 0 saturated heterocycles. The number of primary amides is 1. The molecule has 0 unspecified atom stereocenters. The number of pyridine rings is 1. The van der Waals surface area contributed by atoms with Gasteiger partial charge in [0.15, 0.2) is 5.01 Å². The summed E-state index contributed by atoms with van der Waals surface area (Å²) in [7, 11) is 1.56. The van der Waals surface area contributed by atoms with E-state index in [1.165, 1.54) is 17.5 Å². The van der Waals surface area contributed by atoms with Crippen molar-refractivity contribution >= 4 is 17.2 Å². The van der Waals surface area contributed by atoms with Crippen LogP contribution in [0.1, 0.15) is 29.6 Å². The Labute approximate surface area is 177 Å². The minimum absolute atomic E-state index is 0.234. The van der Waals surface area contributed by atoms with Gasteiger partial charge in [0.25, 0.3) is 5.19 Å². The van der Waals surface area contributed by atoms with E-state index in [-0.39, 0.29) is 5.41 Å². The van der Waals surface area contributed by atoms with Crippen LogP contribution in [-0.4, -0.2) is 34.8 Å². The largest absolute Gasteiger partial charge is 0.496 e. The lowest BCUT2D eigenvalue weighted by molar-refractivity contribution is 0.100. The maximum absolute atomic E-state index is 12.1. The molecule has 0 bridgehead atoms. The molecule has 2 heterocycles. The second-order valence-corrected chi connectivity index (χ2v) is 7.95. The Morgan fingerprint density at radius 2 is 2.10 bits per heavy atom. The summed E-state index contributed by atoms with van der Waals surface area (Å²) in [6, 6.07) is 11.2. The molecule has 1 amide bonds. The molecule has 152 valence electrons. The van der Waals surface area contributed by atoms with Crippen molar-refractivity contribution in [2.24, 2.45) is 11.1 Å². The molecule has 0 spiro atoms. The van der Waals surface area contributed by atoms with E-state index in [4.69, 9.17) is 15.2 Å². The average molecular weight is 421 g/mol. The second-order valence-electron chi connectivity index (χ2n) is 7.01. The first-order valence-corrected chi connectivity index (χ1v) is 10.2. The average Bonchev–Trinajstić information content (AvgIpc) is 3.40. The number of rotatable bonds is 8. The van der Waals surface area contributed by atoms with Gasteiger partial charge in [-0.1, -0.05) is 34.6 Å². The number of nitriles is 1. The molecule has 2 aromatic heterocycles. The zero-order valence-corrected chi connectivity index (χ0v) is 17.1. The first-order chi connectivity index (χ1) is 14.6. The van der Waals surface area contributed by atoms with Crippen LogP contribution in [0.2, 0.25) is 0 Å². The predicted octanol–water partition coefficient (Wildman–Crippen LogP) is 3.45. The highest BCUT2D eigenvalue weighted by Crippen LogP contribution is 2.48. The summed E-state index contributed by atoms with van der Waals surface area (Å²) in [4.78, 5) is 16.6. The van der Waals surface area contributed by atoms with Crippen LogP contribution in [0.4, 0.5) is 0 Å². The van der Waals surface area contributed by atoms with Crippen molar-refractivity contribution in [3.05, 3.63) is 42.1 Å². The van der Waals surface area contributed by atoms with E-state index >= 15 is 0 Å². The van der Waals surface area contributed by atoms with E-state index in [1.54, 1.807) is 19.2 Å². The normalized spacial score (nSPS) is 14.0. The van der Waals surface area contributed by atoms with Crippen LogP contribution >= 0.6 is 11.3 Å². The van der Waals surface area contributed by atoms with Gasteiger partial charge in [-0.3, -0.25) is 9.78 Å². The summed E-state index contributed by atoms with van der Waals surface area (Å²) in [5.74, 6) is 0.00764. The molecule has 2 N–H and O–H groups in total. The number of carbonyl (C=O) groups is 1. The lowest BCUT2D eigenvalue weighted by atomic mass is 9.97. The van der Waals surface area contributed by atoms with Gasteiger partial charge in [-0.15, -0.1) is 5.10 Å². The number of nitrogens with zero attached hydrogens (tertiary/aromatic N) is 4. The molecular formula is C21H19N5O3S. The lowest BCUT2D eigenvalue weighted by Crippen LogP contribution is -2.13. The zero-order valence-electron chi connectivity index (χ0n) is 16.3. The van der Waals surface area contributed by atoms with Crippen molar-refractivity contribution in [2.75, 3.05) is 13.7 Å². The van der Waals surface area contributed by atoms with Gasteiger partial charge in [0, 0.05) is 23.7 Å². The summed E-state index contributed by atoms with van der Waals surface area (Å²) in [5, 5.41) is 18.3. The summed E-state index contributed by atoms with van der Waals surface area (Å²) < 4.78 is 11.2. The Hall–Kier alpha value is -3.51. The van der Waals surface area contributed by atoms with E-state index < -0.39 is 5.91 Å². The highest BCUT2D eigenvalue weighted by atomic mass is 32.1. The molecule has 1 fully saturated rings. The topological polar surface area (TPSA) is 124 Å². The summed E-state index contributed by atoms with van der Waals surface area (Å²) in [5.41, 5.74) is 7.39. The monoisotopic (exact) mass is 421 g/mol. The fourth-order valence-corrected chi connectivity index (χ4v) is 3.94. The van der Waals surface area contributed by atoms with Crippen LogP contribution in [0.25, 0.3) is 21.8 Å². The molecule has 1 aliphatic carbocycles. The lowest BCUT2D eigenvalue weighted by Gasteiger charge is -2.13. The molecule has 8 nitrogen and oxygen atoms in total. The van der Waals surface area contributed by atoms with Crippen LogP contribution < -0.4 is 15.2 Å². The second kappa shape index (κ2) is 8.08. The molecule has 0 atom stereocenters. The molecule has 4 rings (SSSR count). The maximum Gasteiger partial charge on any atom is 0.294 e. The minimum Gasteiger partial charge on any atom is -0.496 e. The maximum atomic E-state index is 12.1. The number of para-hydroxylation sites is 1. The first-order valence-electron chi connectivity index (χ1n) is 9.37. The van der Waals surface area contributed by atoms with Gasteiger partial charge in [-0.2, -0.15) is 5.26 Å². The van der Waals surface area contributed by atoms with Crippen molar-refractivity contribution in [3.63, 3.8) is 0 Å². The molecular weight excluding hydrogens is 402 g/mol. The summed E-state index contributed by atoms with van der Waals surface area (Å²) in [6.45, 7) is 0.399. The van der Waals surface area contributed by atoms with Crippen LogP contribution in [0.3, 0.4) is 0 Å². The molecule has 1 aliphatic rings. The van der Waals surface area contributed by atoms with E-state index in [0.29, 0.717) is 51.4 Å². The number of aromatic nitrogens is 3. The quantitative estimate of drug-likeness (QED) is 0.591. The number of methoxy groups -OCH3 is 1. The number of hydrogen-bond acceptors (Lipinski definition) is 8. The van der Waals surface area contributed by atoms with E-state index in [0.717, 1.165) is 12.8 Å². The number of ether oxygens (including phenoxy) is 2. The van der Waals surface area contributed by atoms with E-state index in [9.17, 15) is 10.1 Å². The van der Waals surface area contributed by atoms with Gasteiger partial charge in [0.2, 0.25) is 5.91 Å². The molecule has 9 heteroatoms. The Bertz CT molecular complexity index is 1130. The number of hydrogen-bond donors (Lipinski definition) is 1. The Morgan fingerprint density at radius 3 is 2.80 bits per heavy atom. The Kier molecular flexibility index (Phi) is 5.33. The number of carbonyl (C=O) groups excluding carboxylic acids is 1. The smallest absolute Gasteiger partial charge is 0.294 e. The standard InChI is InChI=1S/C21H19N5O3S/c1-28-15-5-3-2-4-13(15)16-14(18(23)27)6-10-24-17(16)19-25-26-20(30-19)29-11-9-21(12-22)7-8-21/h2-6,10H,7-9,11H2,1H3,(H2,23,27). The Morgan fingerprint density at radius 1 is 1.30 bits per heavy atom. The van der Waals surface area contributed by atoms with E-state index in [2.05, 4.69) is 21.3 Å². The van der Waals surface area contributed by atoms with Crippen LogP contribution in [0.5, 0.6) is 10.9 Å². The van der Waals surface area contributed by atoms with Crippen molar-refractivity contribution < 1.29 is 14.3 Å². The van der Waals surface area contributed by atoms with Gasteiger partial charge in [0.05, 0.1) is 30.8 Å². The van der Waals surface area contributed by atoms with Gasteiger partial charge in [-0.25, -0.2) is 0 Å². The number of benzene rings is 1. The summed E-state index contributed by atoms with van der Waals surface area (Å²) in [6.07, 6.45) is 4.01. The van der Waals surface area contributed by atoms with Gasteiger partial charge in [0.1, 0.15) is 11.4 Å². The third kappa shape index (κ3) is 3.82. The fourth-order valence-electron chi connectivity index (χ4n) is 3.22. The van der Waals surface area contributed by atoms with Gasteiger partial charge >= 0.3 is 0 Å². The van der Waals surface area contributed by atoms with Crippen molar-refractivity contribution in [1.29, 1.82) is 5.26 Å². The summed E-state index contributed by atoms with van der Waals surface area (Å²) >= 11 is 1.22. The molecule has 1 aromatic carbocycles. The van der Waals surface area contributed by atoms with Crippen LogP contribution in [-0.2, 0) is 0 Å². The van der Waals surface area contributed by atoms with Gasteiger partial charge < -0.3 is 15.2 Å². The third-order valence-corrected chi connectivity index (χ3v) is 5.94. The molecule has 0 radical (unpaired) electrons. The zero-order chi connectivity index (χ0) is 21.1. The Balaban J connectivity index is 1.68. The predicted molar refractivity (Wildman–Crippen MR) is 111 cm³/mol.